The van der Waals surface area contributed by atoms with E-state index in [-0.39, 0.29) is 0 Å². The van der Waals surface area contributed by atoms with Gasteiger partial charge < -0.3 is 0 Å². The fraction of sp³-hybridized carbons (Fsp3) is 1.00. The van der Waals surface area contributed by atoms with Crippen molar-refractivity contribution in [3.8, 4) is 0 Å². The van der Waals surface area contributed by atoms with Crippen LogP contribution >= 0.6 is 0 Å². The van der Waals surface area contributed by atoms with E-state index in [0.717, 1.165) is 0 Å². The summed E-state index contributed by atoms with van der Waals surface area (Å²) in [6.07, 6.45) is 0. The van der Waals surface area contributed by atoms with Gasteiger partial charge in [-0.1, -0.05) is 0 Å². The number of hydrogen-bond donors (Lipinski definition) is 0. The van der Waals surface area contributed by atoms with Crippen molar-refractivity contribution in [2.45, 2.75) is 0 Å². The Morgan fingerprint density at radius 1 is 0.857 bits per heavy atom. The zero-order chi connectivity index (χ0) is 5.70. The Kier molecular flexibility index (Phi) is 4.86. The molecule has 0 saturated carbocycles. The van der Waals surface area contributed by atoms with E-state index in [1.165, 1.54) is 0 Å². The SMILES string of the molecule is F[CH2][Ga]([CH2]F)[CH2]F. The molecule has 0 rings (SSSR count). The van der Waals surface area contributed by atoms with Crippen molar-refractivity contribution in [3.63, 3.8) is 0 Å². The van der Waals surface area contributed by atoms with E-state index >= 15 is 0 Å². The first kappa shape index (κ1) is 7.43. The van der Waals surface area contributed by atoms with E-state index in [2.05, 4.69) is 0 Å². The van der Waals surface area contributed by atoms with Gasteiger partial charge in [0.15, 0.2) is 0 Å². The van der Waals surface area contributed by atoms with Gasteiger partial charge >= 0.3 is 45.1 Å². The van der Waals surface area contributed by atoms with E-state index in [1.807, 2.05) is 0 Å². The Hall–Kier alpha value is 0.426. The van der Waals surface area contributed by atoms with Crippen LogP contribution in [0.4, 0.5) is 13.2 Å². The van der Waals surface area contributed by atoms with Crippen molar-refractivity contribution >= 4 is 16.2 Å². The molecule has 0 amide bonds. The molecule has 0 aromatic heterocycles. The Morgan fingerprint density at radius 2 is 1.14 bits per heavy atom. The molecule has 0 saturated heterocycles. The fourth-order valence-corrected chi connectivity index (χ4v) is 0.643. The molecule has 0 aromatic carbocycles. The van der Waals surface area contributed by atoms with Gasteiger partial charge in [0.2, 0.25) is 0 Å². The molecule has 0 bridgehead atoms. The van der Waals surface area contributed by atoms with Crippen LogP contribution in [0.1, 0.15) is 0 Å². The minimum atomic E-state index is -2.58. The molecule has 0 aliphatic heterocycles. The van der Waals surface area contributed by atoms with E-state index in [4.69, 9.17) is 0 Å². The third-order valence-corrected chi connectivity index (χ3v) is 3.40. The van der Waals surface area contributed by atoms with Crippen molar-refractivity contribution in [3.05, 3.63) is 0 Å². The summed E-state index contributed by atoms with van der Waals surface area (Å²) in [7, 11) is 0. The summed E-state index contributed by atoms with van der Waals surface area (Å²) in [5.74, 6) is 0. The second-order valence-corrected chi connectivity index (χ2v) is 6.91. The van der Waals surface area contributed by atoms with Crippen molar-refractivity contribution < 1.29 is 13.2 Å². The first-order chi connectivity index (χ1) is 3.35. The Morgan fingerprint density at radius 3 is 1.14 bits per heavy atom. The summed E-state index contributed by atoms with van der Waals surface area (Å²) in [5, 5.41) is -2.12. The molecule has 7 heavy (non-hydrogen) atoms. The second-order valence-electron chi connectivity index (χ2n) is 1.33. The van der Waals surface area contributed by atoms with Gasteiger partial charge in [0.25, 0.3) is 0 Å². The third kappa shape index (κ3) is 3.05. The molecule has 0 fully saturated rings. The fourth-order valence-electron chi connectivity index (χ4n) is 0.124. The second kappa shape index (κ2) is 4.58. The molecule has 0 atom stereocenters. The average molecular weight is 169 g/mol. The van der Waals surface area contributed by atoms with E-state index < -0.39 is 31.9 Å². The van der Waals surface area contributed by atoms with Gasteiger partial charge in [0.1, 0.15) is 0 Å². The molecule has 4 heteroatoms. The van der Waals surface area contributed by atoms with Gasteiger partial charge in [0, 0.05) is 0 Å². The Labute approximate surface area is 45.7 Å². The van der Waals surface area contributed by atoms with Crippen molar-refractivity contribution in [1.82, 2.24) is 0 Å². The summed E-state index contributed by atoms with van der Waals surface area (Å²) < 4.78 is 33.8. The molecule has 0 radical (unpaired) electrons. The van der Waals surface area contributed by atoms with Gasteiger partial charge in [-0.3, -0.25) is 0 Å². The van der Waals surface area contributed by atoms with Crippen LogP contribution in [0.15, 0.2) is 0 Å². The predicted molar refractivity (Wildman–Crippen MR) is 23.7 cm³/mol. The van der Waals surface area contributed by atoms with Gasteiger partial charge in [0.05, 0.1) is 0 Å². The molecule has 0 aliphatic rings. The molecule has 0 nitrogen and oxygen atoms in total. The first-order valence-corrected chi connectivity index (χ1v) is 7.17. The van der Waals surface area contributed by atoms with Gasteiger partial charge in [-0.05, 0) is 0 Å². The zero-order valence-electron chi connectivity index (χ0n) is 3.83. The van der Waals surface area contributed by atoms with Crippen molar-refractivity contribution in [1.29, 1.82) is 0 Å². The third-order valence-electron chi connectivity index (χ3n) is 0.655. The number of hydrogen-bond acceptors (Lipinski definition) is 0. The minimum absolute atomic E-state index is 0.708. The van der Waals surface area contributed by atoms with Crippen LogP contribution in [0, 0.1) is 0 Å². The van der Waals surface area contributed by atoms with Crippen LogP contribution in [0.25, 0.3) is 0 Å². The van der Waals surface area contributed by atoms with Gasteiger partial charge in [-0.15, -0.1) is 0 Å². The monoisotopic (exact) mass is 168 g/mol. The Bertz CT molecular complexity index is 31.7. The molecule has 0 heterocycles. The molecule has 42 valence electrons. The standard InChI is InChI=1S/3CH2F.Ga/c3*1-2;/h3*1H2;. The first-order valence-electron chi connectivity index (χ1n) is 2.03. The summed E-state index contributed by atoms with van der Waals surface area (Å²) in [5.41, 5.74) is 0. The maximum absolute atomic E-state index is 11.3. The summed E-state index contributed by atoms with van der Waals surface area (Å²) in [6.45, 7) is 0. The average Bonchev–Trinajstić information content (AvgIpc) is 1.72. The topological polar surface area (TPSA) is 0 Å². The number of alkyl halides is 3. The van der Waals surface area contributed by atoms with Crippen LogP contribution in [0.3, 0.4) is 0 Å². The van der Waals surface area contributed by atoms with Crippen molar-refractivity contribution in [2.75, 3.05) is 15.7 Å². The van der Waals surface area contributed by atoms with Gasteiger partial charge in [-0.25, -0.2) is 0 Å². The molecule has 0 aromatic rings. The van der Waals surface area contributed by atoms with E-state index in [1.54, 1.807) is 0 Å². The molecule has 0 aliphatic carbocycles. The van der Waals surface area contributed by atoms with Gasteiger partial charge in [-0.2, -0.15) is 0 Å². The molecule has 0 N–H and O–H groups in total. The Balaban J connectivity index is 2.99. The molecule has 0 spiro atoms. The predicted octanol–water partition coefficient (Wildman–Crippen LogP) is 1.01. The summed E-state index contributed by atoms with van der Waals surface area (Å²) >= 11 is -2.58. The van der Waals surface area contributed by atoms with Crippen LogP contribution in [0.5, 0.6) is 0 Å². The number of rotatable bonds is 3. The maximum atomic E-state index is 11.3. The van der Waals surface area contributed by atoms with Crippen LogP contribution < -0.4 is 0 Å². The quantitative estimate of drug-likeness (QED) is 0.552. The van der Waals surface area contributed by atoms with E-state index in [0.29, 0.717) is 0 Å². The number of halogens is 3. The van der Waals surface area contributed by atoms with E-state index in [9.17, 15) is 13.2 Å². The summed E-state index contributed by atoms with van der Waals surface area (Å²) in [4.78, 5) is 0. The zero-order valence-corrected chi connectivity index (χ0v) is 6.26. The molecule has 0 unspecified atom stereocenters. The summed E-state index contributed by atoms with van der Waals surface area (Å²) in [6, 6.07) is 0. The molecular formula is C3H6F3Ga. The van der Waals surface area contributed by atoms with Crippen LogP contribution in [0.2, 0.25) is 0 Å². The molecular weight excluding hydrogens is 163 g/mol. The normalized spacial score (nSPS) is 9.00. The van der Waals surface area contributed by atoms with Crippen LogP contribution in [-0.4, -0.2) is 31.9 Å². The van der Waals surface area contributed by atoms with Crippen LogP contribution in [-0.2, 0) is 0 Å². The van der Waals surface area contributed by atoms with Crippen molar-refractivity contribution in [2.24, 2.45) is 0 Å².